The number of fused-ring (bicyclic) bond motifs is 1. The zero-order valence-corrected chi connectivity index (χ0v) is 11.3. The summed E-state index contributed by atoms with van der Waals surface area (Å²) in [6.07, 6.45) is 0. The third-order valence-electron chi connectivity index (χ3n) is 2.84. The van der Waals surface area contributed by atoms with E-state index in [0.29, 0.717) is 15.0 Å². The molecule has 1 amide bonds. The summed E-state index contributed by atoms with van der Waals surface area (Å²) in [4.78, 5) is 42.7. The minimum absolute atomic E-state index is 0.0451. The predicted molar refractivity (Wildman–Crippen MR) is 71.8 cm³/mol. The first kappa shape index (κ1) is 12.5. The van der Waals surface area contributed by atoms with Crippen molar-refractivity contribution >= 4 is 27.4 Å². The van der Waals surface area contributed by atoms with E-state index in [1.807, 2.05) is 9.97 Å². The van der Waals surface area contributed by atoms with Gasteiger partial charge in [0.15, 0.2) is 0 Å². The lowest BCUT2D eigenvalue weighted by Gasteiger charge is -2.01. The highest BCUT2D eigenvalue weighted by molar-refractivity contribution is 9.10. The fourth-order valence-corrected chi connectivity index (χ4v) is 2.40. The van der Waals surface area contributed by atoms with E-state index in [-0.39, 0.29) is 11.1 Å². The first-order valence-corrected chi connectivity index (χ1v) is 6.25. The first-order valence-electron chi connectivity index (χ1n) is 5.46. The number of carbonyl (C=O) groups excluding carboxylic acids is 1. The Morgan fingerprint density at radius 2 is 1.90 bits per heavy atom. The number of aromatic amines is 2. The van der Waals surface area contributed by atoms with Crippen LogP contribution in [0.4, 0.5) is 0 Å². The van der Waals surface area contributed by atoms with Gasteiger partial charge in [-0.1, -0.05) is 15.9 Å². The van der Waals surface area contributed by atoms with Crippen molar-refractivity contribution < 1.29 is 9.90 Å². The van der Waals surface area contributed by atoms with Crippen LogP contribution in [0.5, 0.6) is 5.88 Å². The van der Waals surface area contributed by atoms with Crippen molar-refractivity contribution in [3.8, 4) is 5.88 Å². The Labute approximate surface area is 118 Å². The first-order chi connectivity index (χ1) is 9.47. The maximum absolute atomic E-state index is 12.0. The molecule has 0 aliphatic carbocycles. The van der Waals surface area contributed by atoms with Crippen LogP contribution in [0.15, 0.2) is 37.3 Å². The molecule has 0 saturated carbocycles. The van der Waals surface area contributed by atoms with Crippen molar-refractivity contribution in [3.05, 3.63) is 59.6 Å². The standard InChI is InChI=1S/C12H6BrN3O4/c13-4-1-2-6-5(3-4)7(9(17)14-6)8-10(18)15-12(20)16-11(8)19/h1-3H,(H3,15,16,18,19,20). The molecule has 0 fully saturated rings. The second-order valence-corrected chi connectivity index (χ2v) is 5.00. The fourth-order valence-electron chi connectivity index (χ4n) is 2.03. The summed E-state index contributed by atoms with van der Waals surface area (Å²) < 4.78 is 0.694. The molecule has 2 heterocycles. The van der Waals surface area contributed by atoms with E-state index in [1.165, 1.54) is 0 Å². The van der Waals surface area contributed by atoms with E-state index >= 15 is 0 Å². The van der Waals surface area contributed by atoms with Crippen molar-refractivity contribution in [2.75, 3.05) is 0 Å². The summed E-state index contributed by atoms with van der Waals surface area (Å²) in [5, 5.41) is 10.6. The third-order valence-corrected chi connectivity index (χ3v) is 3.33. The van der Waals surface area contributed by atoms with Crippen molar-refractivity contribution in [2.45, 2.75) is 0 Å². The van der Waals surface area contributed by atoms with Crippen LogP contribution in [0.2, 0.25) is 0 Å². The Hall–Kier alpha value is -2.48. The zero-order chi connectivity index (χ0) is 14.4. The van der Waals surface area contributed by atoms with Gasteiger partial charge in [0.25, 0.3) is 11.5 Å². The van der Waals surface area contributed by atoms with Gasteiger partial charge in [-0.15, -0.1) is 0 Å². The Morgan fingerprint density at radius 1 is 1.15 bits per heavy atom. The van der Waals surface area contributed by atoms with E-state index in [0.717, 1.165) is 0 Å². The molecule has 8 heteroatoms. The van der Waals surface area contributed by atoms with Gasteiger partial charge in [-0.05, 0) is 18.2 Å². The molecular formula is C12H6BrN3O4. The minimum atomic E-state index is -0.853. The van der Waals surface area contributed by atoms with Gasteiger partial charge in [-0.25, -0.2) is 9.79 Å². The summed E-state index contributed by atoms with van der Waals surface area (Å²) in [6, 6.07) is 4.93. The Morgan fingerprint density at radius 3 is 2.60 bits per heavy atom. The van der Waals surface area contributed by atoms with Crippen molar-refractivity contribution in [3.63, 3.8) is 0 Å². The molecule has 0 unspecified atom stereocenters. The topological polar surface area (TPSA) is 115 Å². The molecule has 0 atom stereocenters. The van der Waals surface area contributed by atoms with E-state index in [4.69, 9.17) is 0 Å². The summed E-state index contributed by atoms with van der Waals surface area (Å²) in [5.41, 5.74) is -2.04. The number of hydrogen-bond acceptors (Lipinski definition) is 4. The van der Waals surface area contributed by atoms with Gasteiger partial charge in [0.2, 0.25) is 5.88 Å². The third kappa shape index (κ3) is 1.81. The van der Waals surface area contributed by atoms with Crippen molar-refractivity contribution in [1.29, 1.82) is 0 Å². The number of carbonyl (C=O) groups is 1. The number of rotatable bonds is 1. The number of nitrogens with one attached hydrogen (secondary N) is 2. The highest BCUT2D eigenvalue weighted by Gasteiger charge is 2.24. The van der Waals surface area contributed by atoms with Crippen LogP contribution in [0.25, 0.3) is 5.57 Å². The van der Waals surface area contributed by atoms with Gasteiger partial charge in [0, 0.05) is 9.69 Å². The highest BCUT2D eigenvalue weighted by atomic mass is 79.9. The number of amides is 1. The molecule has 1 aromatic heterocycles. The molecule has 0 bridgehead atoms. The van der Waals surface area contributed by atoms with Gasteiger partial charge in [0.05, 0.1) is 10.9 Å². The van der Waals surface area contributed by atoms with E-state index in [2.05, 4.69) is 20.9 Å². The number of halogens is 1. The molecule has 7 nitrogen and oxygen atoms in total. The van der Waals surface area contributed by atoms with Crippen LogP contribution in [0.1, 0.15) is 5.56 Å². The number of hydrogen-bond donors (Lipinski definition) is 3. The summed E-state index contributed by atoms with van der Waals surface area (Å²) in [7, 11) is 0. The molecule has 1 aromatic carbocycles. The lowest BCUT2D eigenvalue weighted by Crippen LogP contribution is -2.29. The molecular weight excluding hydrogens is 330 g/mol. The Bertz CT molecular complexity index is 987. The summed E-state index contributed by atoms with van der Waals surface area (Å²) in [6.45, 7) is 0. The fraction of sp³-hybridized carbons (Fsp3) is 0. The zero-order valence-electron chi connectivity index (χ0n) is 9.73. The lowest BCUT2D eigenvalue weighted by atomic mass is 10.1. The van der Waals surface area contributed by atoms with Gasteiger partial charge in [0.1, 0.15) is 5.56 Å². The minimum Gasteiger partial charge on any atom is -0.494 e. The molecule has 1 aliphatic rings. The highest BCUT2D eigenvalue weighted by Crippen LogP contribution is 2.18. The average molecular weight is 336 g/mol. The molecule has 0 radical (unpaired) electrons. The molecule has 1 aliphatic heterocycles. The van der Waals surface area contributed by atoms with Crippen LogP contribution < -0.4 is 21.8 Å². The van der Waals surface area contributed by atoms with Gasteiger partial charge in [-0.3, -0.25) is 19.6 Å². The number of aromatic hydroxyl groups is 1. The average Bonchev–Trinajstić information content (AvgIpc) is 2.65. The number of aromatic nitrogens is 2. The van der Waals surface area contributed by atoms with Crippen LogP contribution in [0, 0.1) is 0 Å². The lowest BCUT2D eigenvalue weighted by molar-refractivity contribution is -0.112. The molecule has 20 heavy (non-hydrogen) atoms. The maximum atomic E-state index is 12.0. The second-order valence-electron chi connectivity index (χ2n) is 4.09. The molecule has 100 valence electrons. The molecule has 3 rings (SSSR count). The summed E-state index contributed by atoms with van der Waals surface area (Å²) in [5.74, 6) is -1.31. The molecule has 3 N–H and O–H groups in total. The van der Waals surface area contributed by atoms with Crippen molar-refractivity contribution in [2.24, 2.45) is 4.99 Å². The van der Waals surface area contributed by atoms with E-state index in [9.17, 15) is 19.5 Å². The number of H-pyrrole nitrogens is 2. The quantitative estimate of drug-likeness (QED) is 0.612. The van der Waals surface area contributed by atoms with Crippen LogP contribution in [-0.4, -0.2) is 21.0 Å². The Balaban J connectivity index is 2.50. The largest absolute Gasteiger partial charge is 0.494 e. The Kier molecular flexibility index (Phi) is 2.68. The summed E-state index contributed by atoms with van der Waals surface area (Å²) >= 11 is 3.26. The van der Waals surface area contributed by atoms with E-state index < -0.39 is 23.0 Å². The van der Waals surface area contributed by atoms with Gasteiger partial charge in [-0.2, -0.15) is 0 Å². The van der Waals surface area contributed by atoms with Crippen LogP contribution >= 0.6 is 15.9 Å². The number of nitrogens with zero attached hydrogens (tertiary/aromatic N) is 1. The second kappa shape index (κ2) is 4.27. The number of benzene rings is 1. The van der Waals surface area contributed by atoms with Crippen LogP contribution in [-0.2, 0) is 4.79 Å². The monoisotopic (exact) mass is 335 g/mol. The van der Waals surface area contributed by atoms with Crippen molar-refractivity contribution in [1.82, 2.24) is 9.97 Å². The maximum Gasteiger partial charge on any atom is 0.328 e. The molecule has 2 aromatic rings. The van der Waals surface area contributed by atoms with E-state index in [1.54, 1.807) is 18.2 Å². The SMILES string of the molecule is O=C1N=c2ccc(Br)cc2=C1c1c(O)[nH]c(=O)[nH]c1=O. The predicted octanol–water partition coefficient (Wildman–Crippen LogP) is -1.11. The van der Waals surface area contributed by atoms with Gasteiger partial charge < -0.3 is 5.11 Å². The molecule has 0 spiro atoms. The normalized spacial score (nSPS) is 13.2. The smallest absolute Gasteiger partial charge is 0.328 e. The van der Waals surface area contributed by atoms with Crippen LogP contribution in [0.3, 0.4) is 0 Å². The molecule has 0 saturated heterocycles. The van der Waals surface area contributed by atoms with Gasteiger partial charge >= 0.3 is 5.69 Å².